The van der Waals surface area contributed by atoms with E-state index >= 15 is 0 Å². The van der Waals surface area contributed by atoms with Crippen LogP contribution in [0.15, 0.2) is 53.0 Å². The summed E-state index contributed by atoms with van der Waals surface area (Å²) in [5, 5.41) is 2.90. The van der Waals surface area contributed by atoms with Gasteiger partial charge in [-0.25, -0.2) is 0 Å². The Morgan fingerprint density at radius 3 is 2.67 bits per heavy atom. The van der Waals surface area contributed by atoms with Gasteiger partial charge in [0.05, 0.1) is 19.5 Å². The Hall–Kier alpha value is -1.66. The van der Waals surface area contributed by atoms with E-state index in [-0.39, 0.29) is 5.91 Å². The molecule has 0 fully saturated rings. The fourth-order valence-electron chi connectivity index (χ4n) is 2.01. The SMILES string of the molecule is COc1ccccc1CNC(=O)CSCCOc1ccc(Br)cc1. The van der Waals surface area contributed by atoms with Gasteiger partial charge in [-0.1, -0.05) is 34.1 Å². The van der Waals surface area contributed by atoms with Gasteiger partial charge in [0.25, 0.3) is 0 Å². The van der Waals surface area contributed by atoms with Crippen molar-refractivity contribution in [2.24, 2.45) is 0 Å². The van der Waals surface area contributed by atoms with Crippen LogP contribution in [-0.4, -0.2) is 31.1 Å². The van der Waals surface area contributed by atoms with E-state index in [1.54, 1.807) is 18.9 Å². The minimum absolute atomic E-state index is 0.00884. The summed E-state index contributed by atoms with van der Waals surface area (Å²) in [7, 11) is 1.63. The van der Waals surface area contributed by atoms with Crippen LogP contribution in [0.3, 0.4) is 0 Å². The van der Waals surface area contributed by atoms with E-state index < -0.39 is 0 Å². The molecular weight excluding hydrogens is 390 g/mol. The molecule has 2 rings (SSSR count). The van der Waals surface area contributed by atoms with Gasteiger partial charge in [-0.3, -0.25) is 4.79 Å². The number of thioether (sulfide) groups is 1. The number of nitrogens with one attached hydrogen (secondary N) is 1. The van der Waals surface area contributed by atoms with Crippen molar-refractivity contribution in [3.8, 4) is 11.5 Å². The van der Waals surface area contributed by atoms with Crippen molar-refractivity contribution in [2.45, 2.75) is 6.54 Å². The van der Waals surface area contributed by atoms with Gasteiger partial charge in [0.15, 0.2) is 0 Å². The number of para-hydroxylation sites is 1. The first-order valence-electron chi connectivity index (χ1n) is 7.54. The Balaban J connectivity index is 1.60. The summed E-state index contributed by atoms with van der Waals surface area (Å²) in [6, 6.07) is 15.4. The summed E-state index contributed by atoms with van der Waals surface area (Å²) >= 11 is 4.93. The molecule has 1 N–H and O–H groups in total. The molecule has 0 aliphatic rings. The lowest BCUT2D eigenvalue weighted by Crippen LogP contribution is -2.25. The highest BCUT2D eigenvalue weighted by Crippen LogP contribution is 2.17. The van der Waals surface area contributed by atoms with E-state index in [2.05, 4.69) is 21.2 Å². The van der Waals surface area contributed by atoms with Crippen molar-refractivity contribution in [1.29, 1.82) is 0 Å². The van der Waals surface area contributed by atoms with Gasteiger partial charge in [0.1, 0.15) is 11.5 Å². The van der Waals surface area contributed by atoms with Crippen molar-refractivity contribution < 1.29 is 14.3 Å². The van der Waals surface area contributed by atoms with Gasteiger partial charge in [0.2, 0.25) is 5.91 Å². The van der Waals surface area contributed by atoms with Crippen LogP contribution >= 0.6 is 27.7 Å². The van der Waals surface area contributed by atoms with E-state index in [0.717, 1.165) is 27.3 Å². The summed E-state index contributed by atoms with van der Waals surface area (Å²) in [5.74, 6) is 2.80. The number of carbonyl (C=O) groups is 1. The van der Waals surface area contributed by atoms with Gasteiger partial charge >= 0.3 is 0 Å². The molecule has 0 saturated heterocycles. The quantitative estimate of drug-likeness (QED) is 0.638. The number of carbonyl (C=O) groups excluding carboxylic acids is 1. The molecule has 0 saturated carbocycles. The highest BCUT2D eigenvalue weighted by molar-refractivity contribution is 9.10. The maximum atomic E-state index is 11.9. The number of ether oxygens (including phenoxy) is 2. The molecule has 0 bridgehead atoms. The summed E-state index contributed by atoms with van der Waals surface area (Å²) in [4.78, 5) is 11.9. The maximum absolute atomic E-state index is 11.9. The van der Waals surface area contributed by atoms with E-state index in [0.29, 0.717) is 18.9 Å². The Kier molecular flexibility index (Phi) is 7.98. The van der Waals surface area contributed by atoms with Crippen LogP contribution in [-0.2, 0) is 11.3 Å². The molecule has 2 aromatic carbocycles. The highest BCUT2D eigenvalue weighted by Gasteiger charge is 2.05. The van der Waals surface area contributed by atoms with Crippen LogP contribution in [0.25, 0.3) is 0 Å². The normalized spacial score (nSPS) is 10.2. The zero-order valence-corrected chi connectivity index (χ0v) is 15.9. The zero-order chi connectivity index (χ0) is 17.2. The van der Waals surface area contributed by atoms with Crippen LogP contribution in [0.2, 0.25) is 0 Å². The molecule has 128 valence electrons. The predicted octanol–water partition coefficient (Wildman–Crippen LogP) is 3.89. The van der Waals surface area contributed by atoms with E-state index in [1.807, 2.05) is 48.5 Å². The molecule has 0 aliphatic heterocycles. The Morgan fingerprint density at radius 2 is 1.92 bits per heavy atom. The monoisotopic (exact) mass is 409 g/mol. The number of hydrogen-bond acceptors (Lipinski definition) is 4. The molecule has 0 aromatic heterocycles. The van der Waals surface area contributed by atoms with E-state index in [4.69, 9.17) is 9.47 Å². The van der Waals surface area contributed by atoms with Crippen LogP contribution in [0, 0.1) is 0 Å². The topological polar surface area (TPSA) is 47.6 Å². The molecule has 2 aromatic rings. The van der Waals surface area contributed by atoms with E-state index in [1.165, 1.54) is 0 Å². The first-order chi connectivity index (χ1) is 11.7. The standard InChI is InChI=1S/C18H20BrNO3S/c1-22-17-5-3-2-4-14(17)12-20-18(21)13-24-11-10-23-16-8-6-15(19)7-9-16/h2-9H,10-13H2,1H3,(H,20,21). The lowest BCUT2D eigenvalue weighted by molar-refractivity contribution is -0.118. The average Bonchev–Trinajstić information content (AvgIpc) is 2.61. The second-order valence-electron chi connectivity index (χ2n) is 4.94. The molecule has 0 unspecified atom stereocenters. The summed E-state index contributed by atoms with van der Waals surface area (Å²) in [6.45, 7) is 1.05. The van der Waals surface area contributed by atoms with Crippen molar-refractivity contribution in [3.05, 3.63) is 58.6 Å². The van der Waals surface area contributed by atoms with Crippen molar-refractivity contribution in [3.63, 3.8) is 0 Å². The van der Waals surface area contributed by atoms with Gasteiger partial charge in [-0.15, -0.1) is 11.8 Å². The number of amides is 1. The van der Waals surface area contributed by atoms with Gasteiger partial charge in [-0.05, 0) is 30.3 Å². The molecule has 0 spiro atoms. The Morgan fingerprint density at radius 1 is 1.17 bits per heavy atom. The summed E-state index contributed by atoms with van der Waals surface area (Å²) in [5.41, 5.74) is 0.969. The molecule has 6 heteroatoms. The fourth-order valence-corrected chi connectivity index (χ4v) is 2.91. The first-order valence-corrected chi connectivity index (χ1v) is 9.48. The van der Waals surface area contributed by atoms with Crippen LogP contribution in [0.4, 0.5) is 0 Å². The lowest BCUT2D eigenvalue weighted by Gasteiger charge is -2.09. The Bertz CT molecular complexity index is 649. The molecule has 4 nitrogen and oxygen atoms in total. The second kappa shape index (κ2) is 10.3. The molecule has 0 aliphatic carbocycles. The fraction of sp³-hybridized carbons (Fsp3) is 0.278. The first kappa shape index (κ1) is 18.7. The number of methoxy groups -OCH3 is 1. The van der Waals surface area contributed by atoms with Crippen molar-refractivity contribution in [2.75, 3.05) is 25.2 Å². The van der Waals surface area contributed by atoms with Crippen molar-refractivity contribution >= 4 is 33.6 Å². The van der Waals surface area contributed by atoms with Crippen LogP contribution in [0.5, 0.6) is 11.5 Å². The summed E-state index contributed by atoms with van der Waals surface area (Å²) in [6.07, 6.45) is 0. The smallest absolute Gasteiger partial charge is 0.230 e. The van der Waals surface area contributed by atoms with Gasteiger partial charge in [0, 0.05) is 22.3 Å². The van der Waals surface area contributed by atoms with Crippen LogP contribution in [0.1, 0.15) is 5.56 Å². The van der Waals surface area contributed by atoms with E-state index in [9.17, 15) is 4.79 Å². The number of benzene rings is 2. The number of halogens is 1. The third-order valence-electron chi connectivity index (χ3n) is 3.21. The molecule has 1 amide bonds. The van der Waals surface area contributed by atoms with Gasteiger partial charge in [-0.2, -0.15) is 0 Å². The summed E-state index contributed by atoms with van der Waals surface area (Å²) < 4.78 is 11.9. The average molecular weight is 410 g/mol. The zero-order valence-electron chi connectivity index (χ0n) is 13.5. The third kappa shape index (κ3) is 6.45. The molecular formula is C18H20BrNO3S. The van der Waals surface area contributed by atoms with Crippen LogP contribution < -0.4 is 14.8 Å². The Labute approximate surface area is 155 Å². The van der Waals surface area contributed by atoms with Crippen molar-refractivity contribution in [1.82, 2.24) is 5.32 Å². The molecule has 0 heterocycles. The highest BCUT2D eigenvalue weighted by atomic mass is 79.9. The maximum Gasteiger partial charge on any atom is 0.230 e. The minimum Gasteiger partial charge on any atom is -0.496 e. The second-order valence-corrected chi connectivity index (χ2v) is 6.96. The predicted molar refractivity (Wildman–Crippen MR) is 102 cm³/mol. The third-order valence-corrected chi connectivity index (χ3v) is 4.66. The molecule has 0 radical (unpaired) electrons. The largest absolute Gasteiger partial charge is 0.496 e. The number of hydrogen-bond donors (Lipinski definition) is 1. The minimum atomic E-state index is 0.00884. The van der Waals surface area contributed by atoms with Gasteiger partial charge < -0.3 is 14.8 Å². The lowest BCUT2D eigenvalue weighted by atomic mass is 10.2. The molecule has 0 atom stereocenters. The number of rotatable bonds is 9. The molecule has 24 heavy (non-hydrogen) atoms.